The van der Waals surface area contributed by atoms with E-state index in [0.29, 0.717) is 16.9 Å². The summed E-state index contributed by atoms with van der Waals surface area (Å²) in [5.74, 6) is 0. The Balaban J connectivity index is 2.52. The first-order valence-corrected chi connectivity index (χ1v) is 5.99. The highest BCUT2D eigenvalue weighted by molar-refractivity contribution is 4.93. The lowest BCUT2D eigenvalue weighted by Crippen LogP contribution is -2.47. The smallest absolute Gasteiger partial charge is 0.0121 e. The maximum Gasteiger partial charge on any atom is 0.0121 e. The van der Waals surface area contributed by atoms with Crippen LogP contribution in [0, 0.1) is 10.8 Å². The average Bonchev–Trinajstić information content (AvgIpc) is 2.29. The largest absolute Gasteiger partial charge is 0.310 e. The summed E-state index contributed by atoms with van der Waals surface area (Å²) in [4.78, 5) is 0. The van der Waals surface area contributed by atoms with Gasteiger partial charge in [-0.15, -0.1) is 0 Å². The molecule has 2 unspecified atom stereocenters. The van der Waals surface area contributed by atoms with Crippen molar-refractivity contribution in [3.05, 3.63) is 0 Å². The van der Waals surface area contributed by atoms with Gasteiger partial charge in [0.2, 0.25) is 0 Å². The van der Waals surface area contributed by atoms with Gasteiger partial charge >= 0.3 is 0 Å². The van der Waals surface area contributed by atoms with E-state index in [2.05, 4.69) is 46.9 Å². The highest BCUT2D eigenvalue weighted by Gasteiger charge is 2.36. The summed E-state index contributed by atoms with van der Waals surface area (Å²) in [5.41, 5.74) is 0.873. The van der Waals surface area contributed by atoms with Crippen molar-refractivity contribution in [1.82, 2.24) is 5.32 Å². The van der Waals surface area contributed by atoms with E-state index < -0.39 is 0 Å². The van der Waals surface area contributed by atoms with Crippen molar-refractivity contribution in [2.24, 2.45) is 10.8 Å². The summed E-state index contributed by atoms with van der Waals surface area (Å²) < 4.78 is 0. The maximum absolute atomic E-state index is 3.81. The molecule has 1 aliphatic rings. The summed E-state index contributed by atoms with van der Waals surface area (Å²) >= 11 is 0. The fraction of sp³-hybridized carbons (Fsp3) is 1.00. The minimum Gasteiger partial charge on any atom is -0.310 e. The van der Waals surface area contributed by atoms with Crippen molar-refractivity contribution in [3.8, 4) is 0 Å². The Morgan fingerprint density at radius 2 is 1.86 bits per heavy atom. The standard InChI is InChI=1S/C13H27N/c1-10(12(2,3)4)14-11-8-7-9-13(11,5)6/h10-11,14H,7-9H2,1-6H3. The zero-order chi connectivity index (χ0) is 11.0. The normalized spacial score (nSPS) is 29.1. The molecule has 0 radical (unpaired) electrons. The van der Waals surface area contributed by atoms with Gasteiger partial charge in [0.25, 0.3) is 0 Å². The van der Waals surface area contributed by atoms with Crippen LogP contribution in [-0.4, -0.2) is 12.1 Å². The third kappa shape index (κ3) is 2.73. The van der Waals surface area contributed by atoms with Gasteiger partial charge in [-0.1, -0.05) is 41.0 Å². The van der Waals surface area contributed by atoms with Crippen LogP contribution in [0.5, 0.6) is 0 Å². The van der Waals surface area contributed by atoms with Gasteiger partial charge in [0, 0.05) is 12.1 Å². The van der Waals surface area contributed by atoms with Crippen molar-refractivity contribution in [2.45, 2.75) is 72.9 Å². The Hall–Kier alpha value is -0.0400. The quantitative estimate of drug-likeness (QED) is 0.713. The molecule has 14 heavy (non-hydrogen) atoms. The number of nitrogens with one attached hydrogen (secondary N) is 1. The molecule has 2 atom stereocenters. The second-order valence-electron chi connectivity index (χ2n) is 6.69. The van der Waals surface area contributed by atoms with Crippen LogP contribution in [0.2, 0.25) is 0 Å². The van der Waals surface area contributed by atoms with E-state index in [1.54, 1.807) is 0 Å². The van der Waals surface area contributed by atoms with Crippen LogP contribution in [0.4, 0.5) is 0 Å². The molecule has 0 heterocycles. The van der Waals surface area contributed by atoms with Gasteiger partial charge in [0.05, 0.1) is 0 Å². The summed E-state index contributed by atoms with van der Waals surface area (Å²) in [6.45, 7) is 14.0. The fourth-order valence-corrected chi connectivity index (χ4v) is 2.19. The molecule has 0 amide bonds. The molecule has 0 aromatic rings. The van der Waals surface area contributed by atoms with Crippen LogP contribution in [0.25, 0.3) is 0 Å². The third-order valence-corrected chi connectivity index (χ3v) is 4.01. The molecule has 1 saturated carbocycles. The molecule has 1 aliphatic carbocycles. The van der Waals surface area contributed by atoms with E-state index in [0.717, 1.165) is 6.04 Å². The molecule has 1 rings (SSSR count). The van der Waals surface area contributed by atoms with Gasteiger partial charge in [-0.25, -0.2) is 0 Å². The van der Waals surface area contributed by atoms with E-state index in [9.17, 15) is 0 Å². The van der Waals surface area contributed by atoms with Gasteiger partial charge in [0.15, 0.2) is 0 Å². The molecule has 0 saturated heterocycles. The molecule has 1 fully saturated rings. The minimum absolute atomic E-state index is 0.374. The first kappa shape index (κ1) is 12.0. The monoisotopic (exact) mass is 197 g/mol. The molecular formula is C13H27N. The summed E-state index contributed by atoms with van der Waals surface area (Å²) in [6, 6.07) is 1.32. The zero-order valence-corrected chi connectivity index (χ0v) is 10.8. The Kier molecular flexibility index (Phi) is 3.30. The molecule has 1 nitrogen and oxygen atoms in total. The lowest BCUT2D eigenvalue weighted by Gasteiger charge is -2.36. The first-order valence-electron chi connectivity index (χ1n) is 5.99. The highest BCUT2D eigenvalue weighted by atomic mass is 15.0. The van der Waals surface area contributed by atoms with E-state index in [-0.39, 0.29) is 0 Å². The van der Waals surface area contributed by atoms with Crippen LogP contribution in [-0.2, 0) is 0 Å². The number of hydrogen-bond acceptors (Lipinski definition) is 1. The van der Waals surface area contributed by atoms with Crippen LogP contribution in [0.15, 0.2) is 0 Å². The summed E-state index contributed by atoms with van der Waals surface area (Å²) in [6.07, 6.45) is 4.12. The van der Waals surface area contributed by atoms with Gasteiger partial charge in [-0.2, -0.15) is 0 Å². The van der Waals surface area contributed by atoms with Crippen molar-refractivity contribution < 1.29 is 0 Å². The minimum atomic E-state index is 0.374. The Labute approximate surface area is 89.7 Å². The predicted molar refractivity (Wildman–Crippen MR) is 63.5 cm³/mol. The molecule has 0 aliphatic heterocycles. The number of rotatable bonds is 2. The van der Waals surface area contributed by atoms with E-state index >= 15 is 0 Å². The maximum atomic E-state index is 3.81. The van der Waals surface area contributed by atoms with Crippen molar-refractivity contribution in [3.63, 3.8) is 0 Å². The van der Waals surface area contributed by atoms with Gasteiger partial charge in [-0.3, -0.25) is 0 Å². The molecular weight excluding hydrogens is 170 g/mol. The van der Waals surface area contributed by atoms with E-state index in [1.165, 1.54) is 19.3 Å². The molecule has 0 bridgehead atoms. The lowest BCUT2D eigenvalue weighted by molar-refractivity contribution is 0.204. The van der Waals surface area contributed by atoms with E-state index in [1.807, 2.05) is 0 Å². The fourth-order valence-electron chi connectivity index (χ4n) is 2.19. The van der Waals surface area contributed by atoms with Crippen molar-refractivity contribution >= 4 is 0 Å². The summed E-state index contributed by atoms with van der Waals surface area (Å²) in [7, 11) is 0. The topological polar surface area (TPSA) is 12.0 Å². The Morgan fingerprint density at radius 1 is 1.29 bits per heavy atom. The van der Waals surface area contributed by atoms with Gasteiger partial charge in [-0.05, 0) is 30.6 Å². The van der Waals surface area contributed by atoms with Crippen LogP contribution >= 0.6 is 0 Å². The molecule has 0 aromatic heterocycles. The van der Waals surface area contributed by atoms with Crippen molar-refractivity contribution in [2.75, 3.05) is 0 Å². The third-order valence-electron chi connectivity index (χ3n) is 4.01. The predicted octanol–water partition coefficient (Wildman–Crippen LogP) is 3.59. The van der Waals surface area contributed by atoms with Gasteiger partial charge < -0.3 is 5.32 Å². The second-order valence-corrected chi connectivity index (χ2v) is 6.69. The molecule has 0 spiro atoms. The Bertz CT molecular complexity index is 188. The van der Waals surface area contributed by atoms with Gasteiger partial charge in [0.1, 0.15) is 0 Å². The molecule has 1 N–H and O–H groups in total. The van der Waals surface area contributed by atoms with Crippen LogP contribution < -0.4 is 5.32 Å². The zero-order valence-electron chi connectivity index (χ0n) is 10.8. The van der Waals surface area contributed by atoms with Crippen LogP contribution in [0.1, 0.15) is 60.8 Å². The molecule has 1 heteroatoms. The first-order chi connectivity index (χ1) is 6.23. The highest BCUT2D eigenvalue weighted by Crippen LogP contribution is 2.38. The summed E-state index contributed by atoms with van der Waals surface area (Å²) in [5, 5.41) is 3.81. The Morgan fingerprint density at radius 3 is 2.21 bits per heavy atom. The number of hydrogen-bond donors (Lipinski definition) is 1. The lowest BCUT2D eigenvalue weighted by atomic mass is 9.83. The molecule has 84 valence electrons. The second kappa shape index (κ2) is 3.84. The van der Waals surface area contributed by atoms with Crippen molar-refractivity contribution in [1.29, 1.82) is 0 Å². The molecule has 0 aromatic carbocycles. The SMILES string of the molecule is CC(NC1CCCC1(C)C)C(C)(C)C. The van der Waals surface area contributed by atoms with Crippen LogP contribution in [0.3, 0.4) is 0 Å². The average molecular weight is 197 g/mol. The van der Waals surface area contributed by atoms with E-state index in [4.69, 9.17) is 0 Å².